The summed E-state index contributed by atoms with van der Waals surface area (Å²) in [6, 6.07) is 8.15. The molecular formula is C17H26ClNO2. The third-order valence-electron chi connectivity index (χ3n) is 4.61. The molecule has 0 amide bonds. The van der Waals surface area contributed by atoms with Crippen LogP contribution in [0, 0.1) is 11.8 Å². The monoisotopic (exact) mass is 311 g/mol. The van der Waals surface area contributed by atoms with Gasteiger partial charge in [-0.25, -0.2) is 0 Å². The minimum atomic E-state index is -0.476. The Kier molecular flexibility index (Phi) is 6.49. The molecule has 1 aliphatic rings. The molecule has 0 heterocycles. The van der Waals surface area contributed by atoms with Crippen LogP contribution >= 0.6 is 11.6 Å². The third kappa shape index (κ3) is 4.96. The summed E-state index contributed by atoms with van der Waals surface area (Å²) in [7, 11) is 0. The van der Waals surface area contributed by atoms with E-state index in [1.54, 1.807) is 0 Å². The van der Waals surface area contributed by atoms with E-state index in [2.05, 4.69) is 19.2 Å². The Morgan fingerprint density at radius 1 is 1.33 bits per heavy atom. The highest BCUT2D eigenvalue weighted by molar-refractivity contribution is 6.31. The maximum absolute atomic E-state index is 9.99. The number of nitrogens with one attached hydrogen (secondary N) is 1. The van der Waals surface area contributed by atoms with Crippen LogP contribution in [0.1, 0.15) is 32.3 Å². The first kappa shape index (κ1) is 16.8. The SMILES string of the molecule is CC1CCC(NCC(O)COCc2ccccc2Cl)C1C. The molecule has 0 bridgehead atoms. The van der Waals surface area contributed by atoms with Crippen LogP contribution in [0.4, 0.5) is 0 Å². The zero-order valence-electron chi connectivity index (χ0n) is 12.9. The molecule has 1 fully saturated rings. The second-order valence-electron chi connectivity index (χ2n) is 6.19. The van der Waals surface area contributed by atoms with Crippen molar-refractivity contribution < 1.29 is 9.84 Å². The van der Waals surface area contributed by atoms with Crippen molar-refractivity contribution in [2.45, 2.75) is 45.4 Å². The quantitative estimate of drug-likeness (QED) is 0.812. The van der Waals surface area contributed by atoms with Gasteiger partial charge in [0.2, 0.25) is 0 Å². The molecule has 1 saturated carbocycles. The van der Waals surface area contributed by atoms with Crippen LogP contribution in [0.15, 0.2) is 24.3 Å². The minimum Gasteiger partial charge on any atom is -0.389 e. The molecule has 4 unspecified atom stereocenters. The van der Waals surface area contributed by atoms with Gasteiger partial charge in [0, 0.05) is 17.6 Å². The van der Waals surface area contributed by atoms with E-state index < -0.39 is 6.10 Å². The lowest BCUT2D eigenvalue weighted by molar-refractivity contribution is 0.0270. The Bertz CT molecular complexity index is 441. The summed E-state index contributed by atoms with van der Waals surface area (Å²) < 4.78 is 5.55. The summed E-state index contributed by atoms with van der Waals surface area (Å²) in [5, 5.41) is 14.2. The van der Waals surface area contributed by atoms with Crippen molar-refractivity contribution >= 4 is 11.6 Å². The maximum Gasteiger partial charge on any atom is 0.0897 e. The van der Waals surface area contributed by atoms with Gasteiger partial charge in [0.15, 0.2) is 0 Å². The summed E-state index contributed by atoms with van der Waals surface area (Å²) in [6.07, 6.45) is 2.00. The maximum atomic E-state index is 9.99. The van der Waals surface area contributed by atoms with E-state index in [0.717, 1.165) is 11.5 Å². The fourth-order valence-electron chi connectivity index (χ4n) is 2.92. The van der Waals surface area contributed by atoms with Crippen LogP contribution < -0.4 is 5.32 Å². The van der Waals surface area contributed by atoms with Crippen LogP contribution in [0.25, 0.3) is 0 Å². The molecule has 0 radical (unpaired) electrons. The lowest BCUT2D eigenvalue weighted by atomic mass is 9.98. The molecule has 1 aromatic rings. The Morgan fingerprint density at radius 2 is 2.10 bits per heavy atom. The average Bonchev–Trinajstić information content (AvgIpc) is 2.79. The van der Waals surface area contributed by atoms with Crippen molar-refractivity contribution in [1.82, 2.24) is 5.32 Å². The molecule has 0 aromatic heterocycles. The van der Waals surface area contributed by atoms with Gasteiger partial charge < -0.3 is 15.2 Å². The van der Waals surface area contributed by atoms with E-state index in [1.165, 1.54) is 12.8 Å². The molecule has 21 heavy (non-hydrogen) atoms. The van der Waals surface area contributed by atoms with Crippen LogP contribution in [-0.2, 0) is 11.3 Å². The highest BCUT2D eigenvalue weighted by Gasteiger charge is 2.29. The van der Waals surface area contributed by atoms with Gasteiger partial charge in [-0.05, 0) is 36.3 Å². The van der Waals surface area contributed by atoms with E-state index in [9.17, 15) is 5.11 Å². The summed E-state index contributed by atoms with van der Waals surface area (Å²) in [4.78, 5) is 0. The zero-order chi connectivity index (χ0) is 15.2. The molecule has 3 nitrogen and oxygen atoms in total. The van der Waals surface area contributed by atoms with E-state index in [4.69, 9.17) is 16.3 Å². The molecule has 1 aliphatic carbocycles. The van der Waals surface area contributed by atoms with Gasteiger partial charge in [-0.15, -0.1) is 0 Å². The number of rotatable bonds is 7. The van der Waals surface area contributed by atoms with Crippen molar-refractivity contribution in [2.75, 3.05) is 13.2 Å². The van der Waals surface area contributed by atoms with Crippen molar-refractivity contribution in [3.8, 4) is 0 Å². The molecule has 4 heteroatoms. The molecular weight excluding hydrogens is 286 g/mol. The first-order chi connectivity index (χ1) is 10.1. The summed E-state index contributed by atoms with van der Waals surface area (Å²) >= 11 is 6.06. The first-order valence-corrected chi connectivity index (χ1v) is 8.18. The van der Waals surface area contributed by atoms with Gasteiger partial charge in [-0.1, -0.05) is 43.6 Å². The summed E-state index contributed by atoms with van der Waals surface area (Å²) in [5.41, 5.74) is 0.956. The fourth-order valence-corrected chi connectivity index (χ4v) is 3.11. The van der Waals surface area contributed by atoms with Gasteiger partial charge in [-0.3, -0.25) is 0 Å². The largest absolute Gasteiger partial charge is 0.389 e. The zero-order valence-corrected chi connectivity index (χ0v) is 13.6. The van der Waals surface area contributed by atoms with E-state index in [1.807, 2.05) is 24.3 Å². The smallest absolute Gasteiger partial charge is 0.0897 e. The van der Waals surface area contributed by atoms with E-state index in [-0.39, 0.29) is 0 Å². The topological polar surface area (TPSA) is 41.5 Å². The Labute approximate surface area is 132 Å². The van der Waals surface area contributed by atoms with Gasteiger partial charge in [-0.2, -0.15) is 0 Å². The van der Waals surface area contributed by atoms with Crippen LogP contribution in [-0.4, -0.2) is 30.4 Å². The number of aliphatic hydroxyl groups excluding tert-OH is 1. The number of hydrogen-bond donors (Lipinski definition) is 2. The fraction of sp³-hybridized carbons (Fsp3) is 0.647. The summed E-state index contributed by atoms with van der Waals surface area (Å²) in [6.45, 7) is 5.94. The third-order valence-corrected chi connectivity index (χ3v) is 4.98. The second-order valence-corrected chi connectivity index (χ2v) is 6.60. The van der Waals surface area contributed by atoms with Crippen molar-refractivity contribution in [1.29, 1.82) is 0 Å². The van der Waals surface area contributed by atoms with E-state index in [0.29, 0.717) is 36.7 Å². The molecule has 118 valence electrons. The van der Waals surface area contributed by atoms with Crippen LogP contribution in [0.3, 0.4) is 0 Å². The molecule has 2 rings (SSSR count). The molecule has 2 N–H and O–H groups in total. The summed E-state index contributed by atoms with van der Waals surface area (Å²) in [5.74, 6) is 1.46. The number of aliphatic hydroxyl groups is 1. The lowest BCUT2D eigenvalue weighted by Crippen LogP contribution is -2.39. The van der Waals surface area contributed by atoms with Crippen molar-refractivity contribution in [3.05, 3.63) is 34.9 Å². The Balaban J connectivity index is 1.64. The average molecular weight is 312 g/mol. The van der Waals surface area contributed by atoms with E-state index >= 15 is 0 Å². The number of halogens is 1. The number of hydrogen-bond acceptors (Lipinski definition) is 3. The van der Waals surface area contributed by atoms with Gasteiger partial charge >= 0.3 is 0 Å². The second kappa shape index (κ2) is 8.14. The van der Waals surface area contributed by atoms with Crippen molar-refractivity contribution in [2.24, 2.45) is 11.8 Å². The Hall–Kier alpha value is -0.610. The minimum absolute atomic E-state index is 0.328. The normalized spacial score (nSPS) is 27.0. The highest BCUT2D eigenvalue weighted by atomic mass is 35.5. The van der Waals surface area contributed by atoms with Gasteiger partial charge in [0.25, 0.3) is 0 Å². The van der Waals surface area contributed by atoms with Crippen LogP contribution in [0.5, 0.6) is 0 Å². The molecule has 4 atom stereocenters. The molecule has 0 spiro atoms. The number of ether oxygens (including phenoxy) is 1. The van der Waals surface area contributed by atoms with Gasteiger partial charge in [0.05, 0.1) is 19.3 Å². The predicted molar refractivity (Wildman–Crippen MR) is 86.5 cm³/mol. The predicted octanol–water partition coefficient (Wildman–Crippen LogP) is 3.24. The number of benzene rings is 1. The van der Waals surface area contributed by atoms with Crippen LogP contribution in [0.2, 0.25) is 5.02 Å². The van der Waals surface area contributed by atoms with Gasteiger partial charge in [0.1, 0.15) is 0 Å². The molecule has 0 aliphatic heterocycles. The molecule has 0 saturated heterocycles. The Morgan fingerprint density at radius 3 is 2.76 bits per heavy atom. The first-order valence-electron chi connectivity index (χ1n) is 7.80. The standard InChI is InChI=1S/C17H26ClNO2/c1-12-7-8-17(13(12)2)19-9-15(20)11-21-10-14-5-3-4-6-16(14)18/h3-6,12-13,15,17,19-20H,7-11H2,1-2H3. The lowest BCUT2D eigenvalue weighted by Gasteiger charge is -2.21. The highest BCUT2D eigenvalue weighted by Crippen LogP contribution is 2.30. The molecule has 1 aromatic carbocycles. The van der Waals surface area contributed by atoms with Crippen molar-refractivity contribution in [3.63, 3.8) is 0 Å².